The lowest BCUT2D eigenvalue weighted by molar-refractivity contribution is -0.274. The molecule has 0 aliphatic carbocycles. The van der Waals surface area contributed by atoms with Crippen LogP contribution in [0, 0.1) is 0 Å². The van der Waals surface area contributed by atoms with Crippen LogP contribution in [-0.2, 0) is 19.1 Å². The second-order valence-corrected chi connectivity index (χ2v) is 9.36. The zero-order chi connectivity index (χ0) is 30.7. The Morgan fingerprint density at radius 3 is 2.38 bits per heavy atom. The monoisotopic (exact) mass is 600 g/mol. The summed E-state index contributed by atoms with van der Waals surface area (Å²) in [6, 6.07) is 8.06. The molecule has 0 aliphatic heterocycles. The van der Waals surface area contributed by atoms with E-state index in [0.29, 0.717) is 43.7 Å². The molecule has 2 heterocycles. The summed E-state index contributed by atoms with van der Waals surface area (Å²) >= 11 is 0. The van der Waals surface area contributed by atoms with Crippen LogP contribution in [0.15, 0.2) is 62.7 Å². The van der Waals surface area contributed by atoms with Gasteiger partial charge in [-0.15, -0.1) is 13.2 Å². The number of imidazole rings is 1. The number of alkyl halides is 6. The molecule has 14 heteroatoms. The number of aryl methyl sites for hydroxylation is 1. The van der Waals surface area contributed by atoms with Crippen LogP contribution in [0.4, 0.5) is 26.3 Å². The second kappa shape index (κ2) is 12.2. The highest BCUT2D eigenvalue weighted by Crippen LogP contribution is 2.37. The van der Waals surface area contributed by atoms with Gasteiger partial charge < -0.3 is 19.0 Å². The van der Waals surface area contributed by atoms with Crippen molar-refractivity contribution in [2.24, 2.45) is 0 Å². The fourth-order valence-corrected chi connectivity index (χ4v) is 4.57. The number of benzene rings is 2. The highest BCUT2D eigenvalue weighted by atomic mass is 19.4. The van der Waals surface area contributed by atoms with E-state index < -0.39 is 41.0 Å². The van der Waals surface area contributed by atoms with Gasteiger partial charge in [0.2, 0.25) is 5.88 Å². The van der Waals surface area contributed by atoms with Crippen LogP contribution in [-0.4, -0.2) is 27.2 Å². The number of unbranched alkanes of at least 4 members (excludes halogenated alkanes) is 2. The number of aromatic hydroxyl groups is 1. The van der Waals surface area contributed by atoms with Gasteiger partial charge in [-0.2, -0.15) is 13.2 Å². The number of fused-ring (bicyclic) bond motifs is 1. The SMILES string of the molecule is CCCc1c(OCCCCCn2c(O)cn(-c3ccccc3OC(F)(F)F)c2=O)ccc2c(C(F)(F)F)cc(=O)oc12. The molecule has 4 aromatic rings. The molecule has 0 aliphatic rings. The molecule has 42 heavy (non-hydrogen) atoms. The van der Waals surface area contributed by atoms with Gasteiger partial charge in [-0.3, -0.25) is 9.13 Å². The first-order valence-electron chi connectivity index (χ1n) is 13.0. The molecule has 1 N–H and O–H groups in total. The van der Waals surface area contributed by atoms with Gasteiger partial charge >= 0.3 is 23.9 Å². The van der Waals surface area contributed by atoms with E-state index in [0.717, 1.165) is 21.4 Å². The summed E-state index contributed by atoms with van der Waals surface area (Å²) in [6.07, 6.45) is -6.47. The van der Waals surface area contributed by atoms with Gasteiger partial charge in [0.25, 0.3) is 0 Å². The minimum atomic E-state index is -4.98. The Morgan fingerprint density at radius 1 is 0.952 bits per heavy atom. The first-order chi connectivity index (χ1) is 19.8. The maximum Gasteiger partial charge on any atom is 0.573 e. The van der Waals surface area contributed by atoms with E-state index in [-0.39, 0.29) is 35.6 Å². The molecule has 0 amide bonds. The van der Waals surface area contributed by atoms with E-state index in [1.165, 1.54) is 30.3 Å². The Morgan fingerprint density at radius 2 is 1.69 bits per heavy atom. The van der Waals surface area contributed by atoms with E-state index >= 15 is 0 Å². The van der Waals surface area contributed by atoms with Crippen LogP contribution in [0.2, 0.25) is 0 Å². The minimum absolute atomic E-state index is 0.0579. The number of hydrogen-bond donors (Lipinski definition) is 1. The molecule has 0 saturated heterocycles. The van der Waals surface area contributed by atoms with Crippen molar-refractivity contribution >= 4 is 11.0 Å². The molecule has 2 aromatic heterocycles. The first-order valence-corrected chi connectivity index (χ1v) is 13.0. The second-order valence-electron chi connectivity index (χ2n) is 9.36. The Balaban J connectivity index is 1.41. The van der Waals surface area contributed by atoms with Gasteiger partial charge in [-0.1, -0.05) is 25.5 Å². The lowest BCUT2D eigenvalue weighted by Crippen LogP contribution is -2.25. The van der Waals surface area contributed by atoms with Crippen molar-refractivity contribution < 1.29 is 45.3 Å². The first kappa shape index (κ1) is 30.6. The third-order valence-electron chi connectivity index (χ3n) is 6.37. The van der Waals surface area contributed by atoms with Gasteiger partial charge in [0.1, 0.15) is 11.3 Å². The van der Waals surface area contributed by atoms with Crippen molar-refractivity contribution in [2.75, 3.05) is 6.61 Å². The number of aromatic nitrogens is 2. The van der Waals surface area contributed by atoms with Crippen LogP contribution in [0.1, 0.15) is 43.7 Å². The normalized spacial score (nSPS) is 12.2. The van der Waals surface area contributed by atoms with Gasteiger partial charge in [-0.05, 0) is 49.9 Å². The number of nitrogens with zero attached hydrogens (tertiary/aromatic N) is 2. The molecule has 0 atom stereocenters. The predicted molar refractivity (Wildman–Crippen MR) is 139 cm³/mol. The summed E-state index contributed by atoms with van der Waals surface area (Å²) in [7, 11) is 0. The van der Waals surface area contributed by atoms with Gasteiger partial charge in [0.15, 0.2) is 5.75 Å². The summed E-state index contributed by atoms with van der Waals surface area (Å²) in [5.74, 6) is -0.762. The molecule has 0 saturated carbocycles. The average Bonchev–Trinajstić information content (AvgIpc) is 3.18. The predicted octanol–water partition coefficient (Wildman–Crippen LogP) is 6.57. The Labute approximate surface area is 234 Å². The molecule has 2 aromatic carbocycles. The van der Waals surface area contributed by atoms with Crippen molar-refractivity contribution in [3.05, 3.63) is 80.7 Å². The van der Waals surface area contributed by atoms with Crippen molar-refractivity contribution in [1.82, 2.24) is 9.13 Å². The van der Waals surface area contributed by atoms with Crippen molar-refractivity contribution in [1.29, 1.82) is 0 Å². The molecule has 0 unspecified atom stereocenters. The Hall–Kier alpha value is -4.36. The molecule has 4 rings (SSSR count). The smallest absolute Gasteiger partial charge is 0.493 e. The van der Waals surface area contributed by atoms with Gasteiger partial charge in [0.05, 0.1) is 24.1 Å². The van der Waals surface area contributed by atoms with E-state index in [2.05, 4.69) is 4.74 Å². The topological polar surface area (TPSA) is 95.8 Å². The fraction of sp³-hybridized carbons (Fsp3) is 0.357. The van der Waals surface area contributed by atoms with Crippen molar-refractivity contribution in [3.8, 4) is 23.1 Å². The fourth-order valence-electron chi connectivity index (χ4n) is 4.57. The highest BCUT2D eigenvalue weighted by Gasteiger charge is 2.35. The van der Waals surface area contributed by atoms with E-state index in [1.807, 2.05) is 6.92 Å². The molecule has 0 spiro atoms. The molecule has 8 nitrogen and oxygen atoms in total. The van der Waals surface area contributed by atoms with E-state index in [4.69, 9.17) is 9.15 Å². The van der Waals surface area contributed by atoms with Crippen LogP contribution in [0.5, 0.6) is 17.4 Å². The summed E-state index contributed by atoms with van der Waals surface area (Å²) in [5, 5.41) is 10.0. The van der Waals surface area contributed by atoms with Crippen LogP contribution in [0.25, 0.3) is 16.7 Å². The largest absolute Gasteiger partial charge is 0.573 e. The summed E-state index contributed by atoms with van der Waals surface area (Å²) < 4.78 is 95.6. The molecule has 0 radical (unpaired) electrons. The molecular weight excluding hydrogens is 574 g/mol. The number of halogens is 6. The third kappa shape index (κ3) is 6.92. The van der Waals surface area contributed by atoms with Crippen LogP contribution in [0.3, 0.4) is 0 Å². The maximum atomic E-state index is 13.5. The lowest BCUT2D eigenvalue weighted by atomic mass is 10.0. The summed E-state index contributed by atoms with van der Waals surface area (Å²) in [5.41, 5.74) is -2.98. The highest BCUT2D eigenvalue weighted by molar-refractivity contribution is 5.85. The van der Waals surface area contributed by atoms with E-state index in [1.54, 1.807) is 0 Å². The van der Waals surface area contributed by atoms with Crippen LogP contribution >= 0.6 is 0 Å². The molecule has 0 bridgehead atoms. The molecular formula is C28H26F6N2O6. The van der Waals surface area contributed by atoms with Crippen LogP contribution < -0.4 is 20.8 Å². The summed E-state index contributed by atoms with van der Waals surface area (Å²) in [6.45, 7) is 2.04. The summed E-state index contributed by atoms with van der Waals surface area (Å²) in [4.78, 5) is 24.7. The standard InChI is InChI=1S/C28H26F6N2O6/c1-2-8-18-21(12-11-17-19(27(29,30)31)15-24(38)41-25(17)18)40-14-7-3-6-13-35-23(37)16-36(26(35)39)20-9-4-5-10-22(20)42-28(32,33)34/h4-5,9-12,15-16,37H,2-3,6-8,13-14H2,1H3. The lowest BCUT2D eigenvalue weighted by Gasteiger charge is -2.15. The number of rotatable bonds is 11. The molecule has 0 fully saturated rings. The zero-order valence-corrected chi connectivity index (χ0v) is 22.2. The number of ether oxygens (including phenoxy) is 2. The maximum absolute atomic E-state index is 13.5. The molecule has 226 valence electrons. The van der Waals surface area contributed by atoms with Gasteiger partial charge in [0, 0.05) is 23.6 Å². The third-order valence-corrected chi connectivity index (χ3v) is 6.37. The van der Waals surface area contributed by atoms with Gasteiger partial charge in [-0.25, -0.2) is 9.59 Å². The number of para-hydroxylation sites is 2. The quantitative estimate of drug-likeness (QED) is 0.119. The minimum Gasteiger partial charge on any atom is -0.493 e. The number of hydrogen-bond acceptors (Lipinski definition) is 6. The Kier molecular flexibility index (Phi) is 8.92. The van der Waals surface area contributed by atoms with Crippen molar-refractivity contribution in [2.45, 2.75) is 58.1 Å². The van der Waals surface area contributed by atoms with Crippen molar-refractivity contribution in [3.63, 3.8) is 0 Å². The average molecular weight is 601 g/mol. The van der Waals surface area contributed by atoms with E-state index in [9.17, 15) is 41.0 Å². The Bertz CT molecular complexity index is 1670. The zero-order valence-electron chi connectivity index (χ0n) is 22.2.